The first-order chi connectivity index (χ1) is 17.4. The molecule has 2 heterocycles. The predicted octanol–water partition coefficient (Wildman–Crippen LogP) is 5.65. The van der Waals surface area contributed by atoms with Crippen LogP contribution < -0.4 is 10.1 Å². The Morgan fingerprint density at radius 1 is 1.14 bits per heavy atom. The summed E-state index contributed by atoms with van der Waals surface area (Å²) in [7, 11) is 1.47. The van der Waals surface area contributed by atoms with Crippen molar-refractivity contribution < 1.29 is 37.0 Å². The highest BCUT2D eigenvalue weighted by molar-refractivity contribution is 7.99. The standard InChI is InChI=1S/C24H22F3N3O5S2/c1-5-35-22(33)19-12(2)20(13(3)31)37-21(19)30-18(32)11-36-23-28-16(10-17(29-23)24(25,26)27)14-6-8-15(34-4)9-7-14/h6-10H,5,11H2,1-4H3,(H,30,32). The second kappa shape index (κ2) is 11.7. The number of thiophene rings is 1. The molecule has 0 atom stereocenters. The second-order valence-corrected chi connectivity index (χ2v) is 9.48. The molecule has 3 rings (SSSR count). The molecule has 1 amide bonds. The van der Waals surface area contributed by atoms with Crippen molar-refractivity contribution in [1.29, 1.82) is 0 Å². The predicted molar refractivity (Wildman–Crippen MR) is 133 cm³/mol. The number of nitrogens with zero attached hydrogens (tertiary/aromatic N) is 2. The summed E-state index contributed by atoms with van der Waals surface area (Å²) in [5, 5.41) is 2.42. The molecule has 0 aliphatic heterocycles. The van der Waals surface area contributed by atoms with Crippen molar-refractivity contribution in [3.05, 3.63) is 52.0 Å². The van der Waals surface area contributed by atoms with Crippen LogP contribution in [0.15, 0.2) is 35.5 Å². The molecule has 0 spiro atoms. The van der Waals surface area contributed by atoms with E-state index in [4.69, 9.17) is 9.47 Å². The van der Waals surface area contributed by atoms with Gasteiger partial charge < -0.3 is 14.8 Å². The van der Waals surface area contributed by atoms with E-state index in [9.17, 15) is 27.6 Å². The maximum Gasteiger partial charge on any atom is 0.433 e. The molecule has 0 radical (unpaired) electrons. The van der Waals surface area contributed by atoms with Crippen LogP contribution in [0.2, 0.25) is 0 Å². The fourth-order valence-corrected chi connectivity index (χ4v) is 4.99. The Balaban J connectivity index is 1.84. The third-order valence-electron chi connectivity index (χ3n) is 4.91. The molecule has 3 aromatic rings. The number of anilines is 1. The van der Waals surface area contributed by atoms with Crippen LogP contribution in [-0.4, -0.2) is 47.1 Å². The normalized spacial score (nSPS) is 11.2. The lowest BCUT2D eigenvalue weighted by molar-refractivity contribution is -0.141. The number of rotatable bonds is 9. The number of amides is 1. The van der Waals surface area contributed by atoms with Gasteiger partial charge in [0.05, 0.1) is 35.6 Å². The zero-order valence-corrected chi connectivity index (χ0v) is 21.8. The van der Waals surface area contributed by atoms with Crippen molar-refractivity contribution in [3.63, 3.8) is 0 Å². The Morgan fingerprint density at radius 3 is 2.38 bits per heavy atom. The van der Waals surface area contributed by atoms with Gasteiger partial charge in [0.15, 0.2) is 10.9 Å². The molecule has 1 N–H and O–H groups in total. The smallest absolute Gasteiger partial charge is 0.433 e. The monoisotopic (exact) mass is 553 g/mol. The molecule has 0 unspecified atom stereocenters. The number of hydrogen-bond donors (Lipinski definition) is 1. The molecule has 0 saturated carbocycles. The van der Waals surface area contributed by atoms with Gasteiger partial charge in [-0.2, -0.15) is 13.2 Å². The first-order valence-electron chi connectivity index (χ1n) is 10.8. The first kappa shape index (κ1) is 28.1. The highest BCUT2D eigenvalue weighted by Crippen LogP contribution is 2.35. The summed E-state index contributed by atoms with van der Waals surface area (Å²) >= 11 is 1.62. The summed E-state index contributed by atoms with van der Waals surface area (Å²) in [6.45, 7) is 4.62. The molecule has 0 aliphatic carbocycles. The number of benzene rings is 1. The van der Waals surface area contributed by atoms with Crippen molar-refractivity contribution in [2.24, 2.45) is 0 Å². The van der Waals surface area contributed by atoms with Crippen molar-refractivity contribution in [2.45, 2.75) is 32.1 Å². The number of ketones is 1. The highest BCUT2D eigenvalue weighted by atomic mass is 32.2. The van der Waals surface area contributed by atoms with Gasteiger partial charge in [-0.3, -0.25) is 9.59 Å². The number of alkyl halides is 3. The maximum absolute atomic E-state index is 13.5. The number of nitrogens with one attached hydrogen (secondary N) is 1. The minimum atomic E-state index is -4.73. The average molecular weight is 554 g/mol. The van der Waals surface area contributed by atoms with E-state index in [0.29, 0.717) is 28.6 Å². The highest BCUT2D eigenvalue weighted by Gasteiger charge is 2.34. The summed E-state index contributed by atoms with van der Waals surface area (Å²) in [6, 6.07) is 7.13. The summed E-state index contributed by atoms with van der Waals surface area (Å²) in [4.78, 5) is 45.0. The number of Topliss-reactive ketones (excluding diaryl/α,β-unsaturated/α-hetero) is 1. The van der Waals surface area contributed by atoms with Crippen LogP contribution in [0.5, 0.6) is 5.75 Å². The van der Waals surface area contributed by atoms with Gasteiger partial charge >= 0.3 is 12.1 Å². The number of methoxy groups -OCH3 is 1. The van der Waals surface area contributed by atoms with E-state index in [-0.39, 0.29) is 44.4 Å². The summed E-state index contributed by atoms with van der Waals surface area (Å²) in [6.07, 6.45) is -4.73. The van der Waals surface area contributed by atoms with Crippen LogP contribution in [0.3, 0.4) is 0 Å². The van der Waals surface area contributed by atoms with Crippen molar-refractivity contribution in [2.75, 3.05) is 24.8 Å². The van der Waals surface area contributed by atoms with Crippen molar-refractivity contribution >= 4 is 45.8 Å². The van der Waals surface area contributed by atoms with E-state index in [1.165, 1.54) is 14.0 Å². The molecule has 0 saturated heterocycles. The zero-order valence-electron chi connectivity index (χ0n) is 20.2. The fourth-order valence-electron chi connectivity index (χ4n) is 3.22. The number of carbonyl (C=O) groups excluding carboxylic acids is 3. The molecule has 0 bridgehead atoms. The van der Waals surface area contributed by atoms with Gasteiger partial charge in [0.2, 0.25) is 5.91 Å². The third kappa shape index (κ3) is 6.86. The van der Waals surface area contributed by atoms with Gasteiger partial charge in [-0.15, -0.1) is 11.3 Å². The lowest BCUT2D eigenvalue weighted by Crippen LogP contribution is -2.17. The van der Waals surface area contributed by atoms with Crippen LogP contribution in [0, 0.1) is 6.92 Å². The van der Waals surface area contributed by atoms with Gasteiger partial charge in [0.25, 0.3) is 0 Å². The van der Waals surface area contributed by atoms with E-state index >= 15 is 0 Å². The molecular formula is C24H22F3N3O5S2. The van der Waals surface area contributed by atoms with E-state index in [2.05, 4.69) is 15.3 Å². The molecule has 0 aliphatic rings. The van der Waals surface area contributed by atoms with E-state index in [1.807, 2.05) is 0 Å². The van der Waals surface area contributed by atoms with E-state index in [0.717, 1.165) is 17.4 Å². The van der Waals surface area contributed by atoms with Crippen molar-refractivity contribution in [3.8, 4) is 17.0 Å². The Hall–Kier alpha value is -3.45. The molecule has 1 aromatic carbocycles. The zero-order chi connectivity index (χ0) is 27.3. The molecule has 2 aromatic heterocycles. The summed E-state index contributed by atoms with van der Waals surface area (Å²) in [5.74, 6) is -1.43. The minimum absolute atomic E-state index is 0.0254. The van der Waals surface area contributed by atoms with Crippen LogP contribution >= 0.6 is 23.1 Å². The number of esters is 1. The van der Waals surface area contributed by atoms with Gasteiger partial charge in [0, 0.05) is 5.56 Å². The number of carbonyl (C=O) groups is 3. The Labute approximate surface area is 218 Å². The molecule has 196 valence electrons. The van der Waals surface area contributed by atoms with Crippen LogP contribution in [0.25, 0.3) is 11.3 Å². The first-order valence-corrected chi connectivity index (χ1v) is 12.6. The Kier molecular flexibility index (Phi) is 8.92. The summed E-state index contributed by atoms with van der Waals surface area (Å²) in [5.41, 5.74) is -0.278. The average Bonchev–Trinajstić information content (AvgIpc) is 3.18. The van der Waals surface area contributed by atoms with Gasteiger partial charge in [-0.25, -0.2) is 14.8 Å². The maximum atomic E-state index is 13.5. The SMILES string of the molecule is CCOC(=O)c1c(NC(=O)CSc2nc(-c3ccc(OC)cc3)cc(C(F)(F)F)n2)sc(C(C)=O)c1C. The van der Waals surface area contributed by atoms with Gasteiger partial charge in [-0.1, -0.05) is 11.8 Å². The third-order valence-corrected chi connectivity index (χ3v) is 7.07. The van der Waals surface area contributed by atoms with Crippen LogP contribution in [0.1, 0.15) is 45.1 Å². The quantitative estimate of drug-likeness (QED) is 0.157. The number of thioether (sulfide) groups is 1. The summed E-state index contributed by atoms with van der Waals surface area (Å²) < 4.78 is 50.6. The molecule has 37 heavy (non-hydrogen) atoms. The molecule has 13 heteroatoms. The second-order valence-electron chi connectivity index (χ2n) is 7.52. The lowest BCUT2D eigenvalue weighted by atomic mass is 10.1. The Morgan fingerprint density at radius 2 is 1.81 bits per heavy atom. The lowest BCUT2D eigenvalue weighted by Gasteiger charge is -2.11. The molecule has 8 nitrogen and oxygen atoms in total. The van der Waals surface area contributed by atoms with Gasteiger partial charge in [-0.05, 0) is 56.7 Å². The molecular weight excluding hydrogens is 531 g/mol. The van der Waals surface area contributed by atoms with Gasteiger partial charge in [0.1, 0.15) is 16.4 Å². The van der Waals surface area contributed by atoms with Crippen molar-refractivity contribution in [1.82, 2.24) is 9.97 Å². The Bertz CT molecular complexity index is 1320. The van der Waals surface area contributed by atoms with E-state index < -0.39 is 23.7 Å². The number of ether oxygens (including phenoxy) is 2. The van der Waals surface area contributed by atoms with Crippen LogP contribution in [0.4, 0.5) is 18.2 Å². The fraction of sp³-hybridized carbons (Fsp3) is 0.292. The minimum Gasteiger partial charge on any atom is -0.497 e. The largest absolute Gasteiger partial charge is 0.497 e. The van der Waals surface area contributed by atoms with Crippen LogP contribution in [-0.2, 0) is 15.7 Å². The topological polar surface area (TPSA) is 107 Å². The van der Waals surface area contributed by atoms with E-state index in [1.54, 1.807) is 38.1 Å². The number of hydrogen-bond acceptors (Lipinski definition) is 9. The number of halogens is 3. The molecule has 0 fully saturated rings. The number of aromatic nitrogens is 2.